The van der Waals surface area contributed by atoms with Gasteiger partial charge in [0, 0.05) is 31.7 Å². The molecular formula is C18H25N3O4. The van der Waals surface area contributed by atoms with Crippen molar-refractivity contribution in [3.05, 3.63) is 35.4 Å². The van der Waals surface area contributed by atoms with Crippen LogP contribution in [0.5, 0.6) is 0 Å². The Bertz CT molecular complexity index is 615. The smallest absolute Gasteiger partial charge is 0.317 e. The molecule has 1 saturated heterocycles. The lowest BCUT2D eigenvalue weighted by atomic mass is 10.1. The molecule has 0 saturated carbocycles. The lowest BCUT2D eigenvalue weighted by Crippen LogP contribution is -2.38. The molecule has 1 fully saturated rings. The first-order valence-electron chi connectivity index (χ1n) is 8.64. The number of carbonyl (C=O) groups is 3. The van der Waals surface area contributed by atoms with Gasteiger partial charge in [-0.25, -0.2) is 4.79 Å². The highest BCUT2D eigenvalue weighted by atomic mass is 16.4. The third kappa shape index (κ3) is 5.48. The fourth-order valence-corrected chi connectivity index (χ4v) is 2.69. The van der Waals surface area contributed by atoms with E-state index < -0.39 is 11.9 Å². The van der Waals surface area contributed by atoms with E-state index in [9.17, 15) is 14.4 Å². The first-order chi connectivity index (χ1) is 12.0. The molecule has 25 heavy (non-hydrogen) atoms. The zero-order valence-electron chi connectivity index (χ0n) is 14.5. The molecular weight excluding hydrogens is 322 g/mol. The number of carbonyl (C=O) groups excluding carboxylic acids is 2. The second-order valence-electron chi connectivity index (χ2n) is 6.23. The molecule has 7 heteroatoms. The maximum absolute atomic E-state index is 12.1. The van der Waals surface area contributed by atoms with Gasteiger partial charge in [0.1, 0.15) is 0 Å². The highest BCUT2D eigenvalue weighted by Gasteiger charge is 2.30. The zero-order valence-corrected chi connectivity index (χ0v) is 14.5. The van der Waals surface area contributed by atoms with Crippen molar-refractivity contribution in [1.82, 2.24) is 15.5 Å². The number of carboxylic acids is 1. The molecule has 1 heterocycles. The number of hydrogen-bond donors (Lipinski definition) is 3. The van der Waals surface area contributed by atoms with Gasteiger partial charge in [-0.05, 0) is 30.5 Å². The van der Waals surface area contributed by atoms with Crippen molar-refractivity contribution in [1.29, 1.82) is 0 Å². The largest absolute Gasteiger partial charge is 0.481 e. The number of benzene rings is 1. The summed E-state index contributed by atoms with van der Waals surface area (Å²) in [6, 6.07) is 6.82. The summed E-state index contributed by atoms with van der Waals surface area (Å²) in [4.78, 5) is 36.4. The molecule has 136 valence electrons. The third-order valence-electron chi connectivity index (χ3n) is 4.30. The van der Waals surface area contributed by atoms with Gasteiger partial charge in [0.05, 0.1) is 5.92 Å². The average molecular weight is 347 g/mol. The maximum Gasteiger partial charge on any atom is 0.317 e. The predicted octanol–water partition coefficient (Wildman–Crippen LogP) is 1.83. The SMILES string of the molecule is CCCCNC(=O)c1ccc(CNC(=O)N2CCC(C(=O)O)C2)cc1. The Hall–Kier alpha value is -2.57. The Morgan fingerprint density at radius 3 is 2.52 bits per heavy atom. The van der Waals surface area contributed by atoms with Crippen LogP contribution >= 0.6 is 0 Å². The fourth-order valence-electron chi connectivity index (χ4n) is 2.69. The van der Waals surface area contributed by atoms with E-state index in [1.165, 1.54) is 4.90 Å². The Kier molecular flexibility index (Phi) is 6.80. The molecule has 1 aliphatic heterocycles. The number of unbranched alkanes of at least 4 members (excludes halogenated alkanes) is 1. The first-order valence-corrected chi connectivity index (χ1v) is 8.64. The molecule has 1 aromatic carbocycles. The number of likely N-dealkylation sites (tertiary alicyclic amines) is 1. The van der Waals surface area contributed by atoms with Gasteiger partial charge < -0.3 is 20.6 Å². The predicted molar refractivity (Wildman–Crippen MR) is 93.2 cm³/mol. The molecule has 3 N–H and O–H groups in total. The number of rotatable bonds is 7. The van der Waals surface area contributed by atoms with Gasteiger partial charge in [-0.1, -0.05) is 25.5 Å². The van der Waals surface area contributed by atoms with E-state index in [1.54, 1.807) is 24.3 Å². The van der Waals surface area contributed by atoms with Gasteiger partial charge in [0.2, 0.25) is 0 Å². The van der Waals surface area contributed by atoms with Gasteiger partial charge in [0.15, 0.2) is 0 Å². The Labute approximate surface area is 147 Å². The minimum Gasteiger partial charge on any atom is -0.481 e. The lowest BCUT2D eigenvalue weighted by Gasteiger charge is -2.16. The minimum atomic E-state index is -0.858. The minimum absolute atomic E-state index is 0.0965. The molecule has 1 aromatic rings. The topological polar surface area (TPSA) is 98.7 Å². The van der Waals surface area contributed by atoms with Crippen LogP contribution < -0.4 is 10.6 Å². The van der Waals surface area contributed by atoms with Crippen molar-refractivity contribution in [3.8, 4) is 0 Å². The number of hydrogen-bond acceptors (Lipinski definition) is 3. The summed E-state index contributed by atoms with van der Waals surface area (Å²) >= 11 is 0. The van der Waals surface area contributed by atoms with Crippen LogP contribution in [0.15, 0.2) is 24.3 Å². The van der Waals surface area contributed by atoms with E-state index in [-0.39, 0.29) is 18.5 Å². The average Bonchev–Trinajstić information content (AvgIpc) is 3.11. The van der Waals surface area contributed by atoms with Crippen LogP contribution in [0.2, 0.25) is 0 Å². The molecule has 2 rings (SSSR count). The molecule has 0 bridgehead atoms. The summed E-state index contributed by atoms with van der Waals surface area (Å²) in [5.41, 5.74) is 1.47. The summed E-state index contributed by atoms with van der Waals surface area (Å²) in [7, 11) is 0. The van der Waals surface area contributed by atoms with Crippen LogP contribution in [0.1, 0.15) is 42.1 Å². The van der Waals surface area contributed by atoms with Gasteiger partial charge in [-0.2, -0.15) is 0 Å². The Morgan fingerprint density at radius 1 is 1.20 bits per heavy atom. The van der Waals surface area contributed by atoms with Gasteiger partial charge in [-0.15, -0.1) is 0 Å². The van der Waals surface area contributed by atoms with Crippen molar-refractivity contribution < 1.29 is 19.5 Å². The molecule has 1 aliphatic rings. The summed E-state index contributed by atoms with van der Waals surface area (Å²) < 4.78 is 0. The van der Waals surface area contributed by atoms with Gasteiger partial charge in [0.25, 0.3) is 5.91 Å². The molecule has 0 spiro atoms. The van der Waals surface area contributed by atoms with Gasteiger partial charge in [-0.3, -0.25) is 9.59 Å². The fraction of sp³-hybridized carbons (Fsp3) is 0.500. The van der Waals surface area contributed by atoms with Crippen molar-refractivity contribution in [3.63, 3.8) is 0 Å². The zero-order chi connectivity index (χ0) is 18.2. The van der Waals surface area contributed by atoms with E-state index in [4.69, 9.17) is 5.11 Å². The lowest BCUT2D eigenvalue weighted by molar-refractivity contribution is -0.141. The summed E-state index contributed by atoms with van der Waals surface area (Å²) in [5, 5.41) is 14.6. The van der Waals surface area contributed by atoms with Crippen LogP contribution in [-0.4, -0.2) is 47.5 Å². The quantitative estimate of drug-likeness (QED) is 0.655. The molecule has 3 amide bonds. The van der Waals surface area contributed by atoms with E-state index in [1.807, 2.05) is 0 Å². The number of nitrogens with zero attached hydrogens (tertiary/aromatic N) is 1. The third-order valence-corrected chi connectivity index (χ3v) is 4.30. The normalized spacial score (nSPS) is 16.5. The molecule has 0 radical (unpaired) electrons. The summed E-state index contributed by atoms with van der Waals surface area (Å²) in [6.45, 7) is 3.78. The molecule has 0 aliphatic carbocycles. The van der Waals surface area contributed by atoms with Crippen LogP contribution in [-0.2, 0) is 11.3 Å². The number of urea groups is 1. The van der Waals surface area contributed by atoms with Crippen LogP contribution in [0.25, 0.3) is 0 Å². The molecule has 1 unspecified atom stereocenters. The monoisotopic (exact) mass is 347 g/mol. The van der Waals surface area contributed by atoms with E-state index in [0.717, 1.165) is 18.4 Å². The van der Waals surface area contributed by atoms with E-state index in [2.05, 4.69) is 17.6 Å². The number of aliphatic carboxylic acids is 1. The van der Waals surface area contributed by atoms with Crippen LogP contribution in [0.3, 0.4) is 0 Å². The summed E-state index contributed by atoms with van der Waals surface area (Å²) in [5.74, 6) is -1.43. The van der Waals surface area contributed by atoms with Crippen LogP contribution in [0, 0.1) is 5.92 Å². The first kappa shape index (κ1) is 18.8. The standard InChI is InChI=1S/C18H25N3O4/c1-2-3-9-19-16(22)14-6-4-13(5-7-14)11-20-18(25)21-10-8-15(12-21)17(23)24/h4-7,15H,2-3,8-12H2,1H3,(H,19,22)(H,20,25)(H,23,24). The molecule has 0 aromatic heterocycles. The highest BCUT2D eigenvalue weighted by Crippen LogP contribution is 2.16. The maximum atomic E-state index is 12.1. The second kappa shape index (κ2) is 9.05. The molecule has 7 nitrogen and oxygen atoms in total. The summed E-state index contributed by atoms with van der Waals surface area (Å²) in [6.07, 6.45) is 2.48. The van der Waals surface area contributed by atoms with Crippen molar-refractivity contribution >= 4 is 17.9 Å². The van der Waals surface area contributed by atoms with Crippen molar-refractivity contribution in [2.45, 2.75) is 32.7 Å². The van der Waals surface area contributed by atoms with Gasteiger partial charge >= 0.3 is 12.0 Å². The Balaban J connectivity index is 1.78. The second-order valence-corrected chi connectivity index (χ2v) is 6.23. The number of amides is 3. The van der Waals surface area contributed by atoms with E-state index >= 15 is 0 Å². The molecule has 1 atom stereocenters. The number of carboxylic acid groups (broad SMARTS) is 1. The van der Waals surface area contributed by atoms with E-state index in [0.29, 0.717) is 31.6 Å². The Morgan fingerprint density at radius 2 is 1.92 bits per heavy atom. The van der Waals surface area contributed by atoms with Crippen LogP contribution in [0.4, 0.5) is 4.79 Å². The van der Waals surface area contributed by atoms with Crippen molar-refractivity contribution in [2.24, 2.45) is 5.92 Å². The number of nitrogens with one attached hydrogen (secondary N) is 2. The van der Waals surface area contributed by atoms with Crippen molar-refractivity contribution in [2.75, 3.05) is 19.6 Å². The highest BCUT2D eigenvalue weighted by molar-refractivity contribution is 5.94.